The van der Waals surface area contributed by atoms with E-state index in [1.807, 2.05) is 0 Å². The zero-order valence-corrected chi connectivity index (χ0v) is 16.5. The molecule has 0 N–H and O–H groups in total. The van der Waals surface area contributed by atoms with E-state index >= 15 is 0 Å². The zero-order valence-electron chi connectivity index (χ0n) is 16.5. The number of hydrogen-bond donors (Lipinski definition) is 0. The van der Waals surface area contributed by atoms with Crippen molar-refractivity contribution in [1.82, 2.24) is 0 Å². The minimum Gasteiger partial charge on any atom is -0.0651 e. The second-order valence-electron chi connectivity index (χ2n) is 8.67. The van der Waals surface area contributed by atoms with Gasteiger partial charge in [0.05, 0.1) is 0 Å². The van der Waals surface area contributed by atoms with Gasteiger partial charge in [0.15, 0.2) is 0 Å². The first-order valence-corrected chi connectivity index (χ1v) is 9.77. The van der Waals surface area contributed by atoms with E-state index in [1.54, 1.807) is 0 Å². The molecule has 0 aromatic carbocycles. The molecule has 0 amide bonds. The fourth-order valence-electron chi connectivity index (χ4n) is 3.87. The third-order valence-electron chi connectivity index (χ3n) is 5.51. The van der Waals surface area contributed by atoms with Crippen molar-refractivity contribution in [3.8, 4) is 0 Å². The Bertz CT molecular complexity index is 201. The summed E-state index contributed by atoms with van der Waals surface area (Å²) in [5, 5.41) is 0. The maximum atomic E-state index is 2.42. The Balaban J connectivity index is 5.13. The van der Waals surface area contributed by atoms with Gasteiger partial charge in [-0.15, -0.1) is 0 Å². The van der Waals surface area contributed by atoms with Crippen LogP contribution in [0.3, 0.4) is 0 Å². The van der Waals surface area contributed by atoms with Gasteiger partial charge in [-0.05, 0) is 48.3 Å². The molecule has 0 fully saturated rings. The van der Waals surface area contributed by atoms with Gasteiger partial charge in [0, 0.05) is 0 Å². The molecule has 0 heteroatoms. The first-order chi connectivity index (χ1) is 9.77. The van der Waals surface area contributed by atoms with E-state index in [1.165, 1.54) is 51.4 Å². The van der Waals surface area contributed by atoms with Crippen LogP contribution in [0.25, 0.3) is 0 Å². The van der Waals surface area contributed by atoms with Crippen LogP contribution >= 0.6 is 0 Å². The Morgan fingerprint density at radius 2 is 0.857 bits per heavy atom. The van der Waals surface area contributed by atoms with Crippen LogP contribution in [0, 0.1) is 29.1 Å². The van der Waals surface area contributed by atoms with Crippen molar-refractivity contribution in [3.63, 3.8) is 0 Å². The van der Waals surface area contributed by atoms with Crippen molar-refractivity contribution in [2.45, 2.75) is 107 Å². The molecule has 0 radical (unpaired) electrons. The average molecular weight is 297 g/mol. The molecule has 0 spiro atoms. The molecule has 0 aliphatic carbocycles. The fraction of sp³-hybridized carbons (Fsp3) is 1.00. The van der Waals surface area contributed by atoms with Crippen molar-refractivity contribution in [2.75, 3.05) is 0 Å². The highest BCUT2D eigenvalue weighted by molar-refractivity contribution is 4.86. The van der Waals surface area contributed by atoms with Gasteiger partial charge in [-0.3, -0.25) is 0 Å². The Kier molecular flexibility index (Phi) is 10.7. The van der Waals surface area contributed by atoms with Crippen LogP contribution in [0.2, 0.25) is 0 Å². The summed E-state index contributed by atoms with van der Waals surface area (Å²) < 4.78 is 0. The summed E-state index contributed by atoms with van der Waals surface area (Å²) in [6.45, 7) is 19.2. The monoisotopic (exact) mass is 296 g/mol. The van der Waals surface area contributed by atoms with E-state index in [-0.39, 0.29) is 0 Å². The molecule has 0 rings (SSSR count). The van der Waals surface area contributed by atoms with Crippen LogP contribution in [0.5, 0.6) is 0 Å². The van der Waals surface area contributed by atoms with Gasteiger partial charge in [0.2, 0.25) is 0 Å². The highest BCUT2D eigenvalue weighted by Gasteiger charge is 2.36. The molecule has 0 heterocycles. The van der Waals surface area contributed by atoms with Crippen molar-refractivity contribution in [2.24, 2.45) is 29.1 Å². The standard InChI is InChI=1S/C21H44/c1-9-20(10-2)21(14-11-17(3)4,15-12-18(5)6)16-13-19(7)8/h17-20H,9-16H2,1-8H3. The van der Waals surface area contributed by atoms with Gasteiger partial charge in [0.1, 0.15) is 0 Å². The van der Waals surface area contributed by atoms with Gasteiger partial charge < -0.3 is 0 Å². The highest BCUT2D eigenvalue weighted by Crippen LogP contribution is 2.47. The largest absolute Gasteiger partial charge is 0.0651 e. The summed E-state index contributed by atoms with van der Waals surface area (Å²) >= 11 is 0. The molecule has 0 atom stereocenters. The molecular weight excluding hydrogens is 252 g/mol. The second kappa shape index (κ2) is 10.7. The predicted molar refractivity (Wildman–Crippen MR) is 98.7 cm³/mol. The highest BCUT2D eigenvalue weighted by atomic mass is 14.4. The normalized spacial score (nSPS) is 13.1. The lowest BCUT2D eigenvalue weighted by Crippen LogP contribution is -2.32. The van der Waals surface area contributed by atoms with Crippen LogP contribution in [0.15, 0.2) is 0 Å². The predicted octanol–water partition coefficient (Wildman–Crippen LogP) is 7.72. The quantitative estimate of drug-likeness (QED) is 0.346. The zero-order chi connectivity index (χ0) is 16.5. The van der Waals surface area contributed by atoms with Crippen LogP contribution in [0.4, 0.5) is 0 Å². The van der Waals surface area contributed by atoms with Crippen molar-refractivity contribution in [3.05, 3.63) is 0 Å². The third-order valence-corrected chi connectivity index (χ3v) is 5.51. The summed E-state index contributed by atoms with van der Waals surface area (Å²) in [5.41, 5.74) is 0.613. The summed E-state index contributed by atoms with van der Waals surface area (Å²) in [4.78, 5) is 0. The maximum Gasteiger partial charge on any atom is -0.0269 e. The average Bonchev–Trinajstić information content (AvgIpc) is 2.40. The Morgan fingerprint density at radius 1 is 0.571 bits per heavy atom. The molecule has 0 aliphatic heterocycles. The van der Waals surface area contributed by atoms with Crippen LogP contribution in [0.1, 0.15) is 107 Å². The lowest BCUT2D eigenvalue weighted by molar-refractivity contribution is 0.0819. The summed E-state index contributed by atoms with van der Waals surface area (Å²) in [7, 11) is 0. The van der Waals surface area contributed by atoms with E-state index in [0.717, 1.165) is 23.7 Å². The van der Waals surface area contributed by atoms with Crippen molar-refractivity contribution >= 4 is 0 Å². The Morgan fingerprint density at radius 3 is 1.05 bits per heavy atom. The molecule has 0 saturated heterocycles. The Labute approximate surface area is 136 Å². The molecule has 0 saturated carbocycles. The van der Waals surface area contributed by atoms with Crippen molar-refractivity contribution < 1.29 is 0 Å². The van der Waals surface area contributed by atoms with Crippen LogP contribution in [-0.4, -0.2) is 0 Å². The molecule has 0 bridgehead atoms. The molecule has 128 valence electrons. The first kappa shape index (κ1) is 21.0. The van der Waals surface area contributed by atoms with Gasteiger partial charge in [0.25, 0.3) is 0 Å². The maximum absolute atomic E-state index is 2.42. The van der Waals surface area contributed by atoms with E-state index in [9.17, 15) is 0 Å². The minimum atomic E-state index is 0.613. The SMILES string of the molecule is CCC(CC)C(CCC(C)C)(CCC(C)C)CCC(C)C. The minimum absolute atomic E-state index is 0.613. The van der Waals surface area contributed by atoms with E-state index in [2.05, 4.69) is 55.4 Å². The van der Waals surface area contributed by atoms with Gasteiger partial charge in [-0.25, -0.2) is 0 Å². The van der Waals surface area contributed by atoms with Crippen LogP contribution in [-0.2, 0) is 0 Å². The third kappa shape index (κ3) is 8.27. The van der Waals surface area contributed by atoms with E-state index in [0.29, 0.717) is 5.41 Å². The summed E-state index contributed by atoms with van der Waals surface area (Å²) in [5.74, 6) is 3.46. The van der Waals surface area contributed by atoms with E-state index in [4.69, 9.17) is 0 Å². The lowest BCUT2D eigenvalue weighted by atomic mass is 9.63. The molecule has 0 nitrogen and oxygen atoms in total. The molecular formula is C21H44. The lowest BCUT2D eigenvalue weighted by Gasteiger charge is -2.43. The molecule has 0 aromatic rings. The number of hydrogen-bond acceptors (Lipinski definition) is 0. The van der Waals surface area contributed by atoms with Gasteiger partial charge in [-0.1, -0.05) is 87.5 Å². The fourth-order valence-corrected chi connectivity index (χ4v) is 3.87. The molecule has 0 unspecified atom stereocenters. The van der Waals surface area contributed by atoms with Crippen LogP contribution < -0.4 is 0 Å². The second-order valence-corrected chi connectivity index (χ2v) is 8.67. The molecule has 21 heavy (non-hydrogen) atoms. The van der Waals surface area contributed by atoms with Gasteiger partial charge in [-0.2, -0.15) is 0 Å². The summed E-state index contributed by atoms with van der Waals surface area (Å²) in [6, 6.07) is 0. The Hall–Kier alpha value is 0. The van der Waals surface area contributed by atoms with E-state index < -0.39 is 0 Å². The topological polar surface area (TPSA) is 0 Å². The number of rotatable bonds is 12. The summed E-state index contributed by atoms with van der Waals surface area (Å²) in [6.07, 6.45) is 11.3. The van der Waals surface area contributed by atoms with Gasteiger partial charge >= 0.3 is 0 Å². The molecule has 0 aromatic heterocycles. The smallest absolute Gasteiger partial charge is 0.0269 e. The first-order valence-electron chi connectivity index (χ1n) is 9.77. The molecule has 0 aliphatic rings. The van der Waals surface area contributed by atoms with Crippen molar-refractivity contribution in [1.29, 1.82) is 0 Å².